The van der Waals surface area contributed by atoms with Gasteiger partial charge >= 0.3 is 0 Å². The Bertz CT molecular complexity index is 1050. The van der Waals surface area contributed by atoms with Crippen molar-refractivity contribution in [3.8, 4) is 11.5 Å². The summed E-state index contributed by atoms with van der Waals surface area (Å²) in [6.07, 6.45) is 8.87. The number of hydrogen-bond acceptors (Lipinski definition) is 4. The molecule has 1 saturated heterocycles. The molecule has 0 bridgehead atoms. The number of fused-ring (bicyclic) bond motifs is 1. The maximum Gasteiger partial charge on any atom is 0.161 e. The number of likely N-dealkylation sites (tertiary alicyclic amines) is 1. The monoisotopic (exact) mass is 447 g/mol. The van der Waals surface area contributed by atoms with Gasteiger partial charge in [0.2, 0.25) is 0 Å². The molecule has 1 aromatic heterocycles. The summed E-state index contributed by atoms with van der Waals surface area (Å²) < 4.78 is 14.1. The molecule has 0 aliphatic carbocycles. The highest BCUT2D eigenvalue weighted by Crippen LogP contribution is 2.29. The van der Waals surface area contributed by atoms with Gasteiger partial charge in [0.15, 0.2) is 11.5 Å². The van der Waals surface area contributed by atoms with E-state index >= 15 is 0 Å². The zero-order valence-corrected chi connectivity index (χ0v) is 20.1. The van der Waals surface area contributed by atoms with Gasteiger partial charge in [0.05, 0.1) is 30.8 Å². The van der Waals surface area contributed by atoms with E-state index in [1.165, 1.54) is 42.6 Å². The molecule has 0 spiro atoms. The van der Waals surface area contributed by atoms with E-state index in [-0.39, 0.29) is 0 Å². The molecule has 0 amide bonds. The fraction of sp³-hybridized carbons (Fsp3) is 0.464. The minimum atomic E-state index is 0.314. The van der Waals surface area contributed by atoms with Crippen molar-refractivity contribution in [2.45, 2.75) is 58.0 Å². The second kappa shape index (κ2) is 11.4. The Morgan fingerprint density at radius 1 is 1.06 bits per heavy atom. The third kappa shape index (κ3) is 5.59. The van der Waals surface area contributed by atoms with E-state index in [0.29, 0.717) is 12.6 Å². The molecule has 1 atom stereocenters. The van der Waals surface area contributed by atoms with Crippen molar-refractivity contribution in [2.24, 2.45) is 0 Å². The zero-order chi connectivity index (χ0) is 23.0. The van der Waals surface area contributed by atoms with Gasteiger partial charge < -0.3 is 14.0 Å². The lowest BCUT2D eigenvalue weighted by atomic mass is 10.1. The summed E-state index contributed by atoms with van der Waals surface area (Å²) in [5.41, 5.74) is 3.46. The van der Waals surface area contributed by atoms with Crippen LogP contribution >= 0.6 is 0 Å². The van der Waals surface area contributed by atoms with Gasteiger partial charge in [-0.25, -0.2) is 4.98 Å². The van der Waals surface area contributed by atoms with Crippen LogP contribution in [0.3, 0.4) is 0 Å². The van der Waals surface area contributed by atoms with Gasteiger partial charge in [0.25, 0.3) is 0 Å². The molecule has 5 heteroatoms. The number of hydrogen-bond donors (Lipinski definition) is 0. The number of aromatic nitrogens is 2. The highest BCUT2D eigenvalue weighted by atomic mass is 16.5. The van der Waals surface area contributed by atoms with Crippen LogP contribution in [0.4, 0.5) is 0 Å². The minimum Gasteiger partial charge on any atom is -0.493 e. The fourth-order valence-electron chi connectivity index (χ4n) is 4.82. The van der Waals surface area contributed by atoms with Crippen molar-refractivity contribution < 1.29 is 9.47 Å². The average molecular weight is 448 g/mol. The Kier molecular flexibility index (Phi) is 8.05. The van der Waals surface area contributed by atoms with Gasteiger partial charge in [0.1, 0.15) is 5.82 Å². The van der Waals surface area contributed by atoms with Gasteiger partial charge in [-0.15, -0.1) is 6.58 Å². The number of allylic oxidation sites excluding steroid dienone is 1. The van der Waals surface area contributed by atoms with Crippen molar-refractivity contribution in [3.63, 3.8) is 0 Å². The first kappa shape index (κ1) is 23.4. The summed E-state index contributed by atoms with van der Waals surface area (Å²) in [6, 6.07) is 14.9. The predicted octanol–water partition coefficient (Wildman–Crippen LogP) is 6.18. The maximum absolute atomic E-state index is 6.11. The van der Waals surface area contributed by atoms with Crippen LogP contribution in [0.25, 0.3) is 11.0 Å². The quantitative estimate of drug-likeness (QED) is 0.275. The lowest BCUT2D eigenvalue weighted by Gasteiger charge is -2.27. The SMILES string of the molecule is C=CCc1ccc(OCCCn2c(C(C)N3CCCCCC3)nc3ccccc32)c(OC)c1. The minimum absolute atomic E-state index is 0.314. The summed E-state index contributed by atoms with van der Waals surface area (Å²) in [5, 5.41) is 0. The third-order valence-corrected chi connectivity index (χ3v) is 6.64. The zero-order valence-electron chi connectivity index (χ0n) is 20.1. The second-order valence-electron chi connectivity index (χ2n) is 8.92. The van der Waals surface area contributed by atoms with Crippen LogP contribution in [0.5, 0.6) is 11.5 Å². The van der Waals surface area contributed by atoms with Gasteiger partial charge in [0, 0.05) is 6.54 Å². The first-order valence-corrected chi connectivity index (χ1v) is 12.3. The van der Waals surface area contributed by atoms with Crippen LogP contribution in [-0.2, 0) is 13.0 Å². The van der Waals surface area contributed by atoms with E-state index in [9.17, 15) is 0 Å². The number of aryl methyl sites for hydroxylation is 1. The summed E-state index contributed by atoms with van der Waals surface area (Å²) in [7, 11) is 1.69. The first-order chi connectivity index (χ1) is 16.2. The fourth-order valence-corrected chi connectivity index (χ4v) is 4.82. The Morgan fingerprint density at radius 2 is 1.85 bits per heavy atom. The summed E-state index contributed by atoms with van der Waals surface area (Å²) in [5.74, 6) is 2.74. The van der Waals surface area contributed by atoms with Crippen LogP contribution < -0.4 is 9.47 Å². The van der Waals surface area contributed by atoms with Gasteiger partial charge in [-0.2, -0.15) is 0 Å². The molecule has 0 saturated carbocycles. The molecule has 4 rings (SSSR count). The Morgan fingerprint density at radius 3 is 2.61 bits per heavy atom. The van der Waals surface area contributed by atoms with Gasteiger partial charge in [-0.3, -0.25) is 4.90 Å². The Hall–Kier alpha value is -2.79. The number of para-hydroxylation sites is 2. The third-order valence-electron chi connectivity index (χ3n) is 6.64. The number of methoxy groups -OCH3 is 1. The first-order valence-electron chi connectivity index (χ1n) is 12.3. The molecular weight excluding hydrogens is 410 g/mol. The van der Waals surface area contributed by atoms with Crippen LogP contribution in [0.15, 0.2) is 55.1 Å². The molecule has 1 fully saturated rings. The van der Waals surface area contributed by atoms with Crippen molar-refractivity contribution >= 4 is 11.0 Å². The molecule has 176 valence electrons. The molecule has 33 heavy (non-hydrogen) atoms. The van der Waals surface area contributed by atoms with Gasteiger partial charge in [-0.1, -0.05) is 37.1 Å². The van der Waals surface area contributed by atoms with Crippen LogP contribution in [-0.4, -0.2) is 41.3 Å². The van der Waals surface area contributed by atoms with Crippen molar-refractivity contribution in [3.05, 3.63) is 66.5 Å². The lowest BCUT2D eigenvalue weighted by molar-refractivity contribution is 0.206. The maximum atomic E-state index is 6.11. The molecule has 1 aliphatic heterocycles. The van der Waals surface area contributed by atoms with E-state index < -0.39 is 0 Å². The summed E-state index contributed by atoms with van der Waals surface area (Å²) >= 11 is 0. The Balaban J connectivity index is 1.46. The standard InChI is InChI=1S/C28H37N3O2/c1-4-12-23-15-16-26(27(21-23)32-3)33-20-11-19-31-25-14-8-7-13-24(25)29-28(31)22(2)30-17-9-5-6-10-18-30/h4,7-8,13-16,21-22H,1,5-6,9-12,17-20H2,2-3H3. The lowest BCUT2D eigenvalue weighted by Crippen LogP contribution is -2.30. The van der Waals surface area contributed by atoms with E-state index in [1.807, 2.05) is 18.2 Å². The Labute approximate surface area is 198 Å². The number of rotatable bonds is 10. The molecular formula is C28H37N3O2. The second-order valence-corrected chi connectivity index (χ2v) is 8.92. The number of nitrogens with zero attached hydrogens (tertiary/aromatic N) is 3. The molecule has 1 aliphatic rings. The van der Waals surface area contributed by atoms with E-state index in [0.717, 1.165) is 49.5 Å². The highest BCUT2D eigenvalue weighted by Gasteiger charge is 2.23. The normalized spacial score (nSPS) is 15.8. The number of benzene rings is 2. The molecule has 3 aromatic rings. The topological polar surface area (TPSA) is 39.5 Å². The molecule has 2 heterocycles. The van der Waals surface area contributed by atoms with E-state index in [4.69, 9.17) is 14.5 Å². The summed E-state index contributed by atoms with van der Waals surface area (Å²) in [4.78, 5) is 7.67. The molecule has 2 aromatic carbocycles. The average Bonchev–Trinajstić information content (AvgIpc) is 3.00. The van der Waals surface area contributed by atoms with Crippen molar-refractivity contribution in [1.82, 2.24) is 14.5 Å². The smallest absolute Gasteiger partial charge is 0.161 e. The van der Waals surface area contributed by atoms with Crippen molar-refractivity contribution in [2.75, 3.05) is 26.8 Å². The van der Waals surface area contributed by atoms with E-state index in [2.05, 4.69) is 53.3 Å². The molecule has 1 unspecified atom stereocenters. The highest BCUT2D eigenvalue weighted by molar-refractivity contribution is 5.76. The summed E-state index contributed by atoms with van der Waals surface area (Å²) in [6.45, 7) is 9.96. The number of imidazole rings is 1. The van der Waals surface area contributed by atoms with Crippen LogP contribution in [0.1, 0.15) is 56.5 Å². The van der Waals surface area contributed by atoms with Crippen LogP contribution in [0, 0.1) is 0 Å². The predicted molar refractivity (Wildman–Crippen MR) is 135 cm³/mol. The number of ether oxygens (including phenoxy) is 2. The molecule has 5 nitrogen and oxygen atoms in total. The van der Waals surface area contributed by atoms with Crippen LogP contribution in [0.2, 0.25) is 0 Å². The van der Waals surface area contributed by atoms with E-state index in [1.54, 1.807) is 7.11 Å². The molecule has 0 radical (unpaired) electrons. The van der Waals surface area contributed by atoms with Gasteiger partial charge in [-0.05, 0) is 75.5 Å². The molecule has 0 N–H and O–H groups in total. The largest absolute Gasteiger partial charge is 0.493 e. The van der Waals surface area contributed by atoms with Crippen molar-refractivity contribution in [1.29, 1.82) is 0 Å².